The number of aliphatic hydroxyl groups excluding tert-OH is 4. The molecule has 0 aromatic rings. The molecule has 5 atom stereocenters. The predicted octanol–water partition coefficient (Wildman–Crippen LogP) is -2.92. The summed E-state index contributed by atoms with van der Waals surface area (Å²) in [6, 6.07) is 0. The van der Waals surface area contributed by atoms with Crippen molar-refractivity contribution < 1.29 is 34.7 Å². The Bertz CT molecular complexity index is 188. The monoisotopic (exact) mass is 198 g/mol. The van der Waals surface area contributed by atoms with Crippen LogP contribution in [0.2, 0.25) is 0 Å². The van der Waals surface area contributed by atoms with E-state index in [1.54, 1.807) is 0 Å². The molecule has 13 heavy (non-hydrogen) atoms. The van der Waals surface area contributed by atoms with E-state index in [1.165, 1.54) is 0 Å². The van der Waals surface area contributed by atoms with E-state index in [9.17, 15) is 4.39 Å². The number of aliphatic hydroxyl groups is 5. The zero-order valence-electron chi connectivity index (χ0n) is 6.54. The first-order valence-corrected chi connectivity index (χ1v) is 3.62. The lowest BCUT2D eigenvalue weighted by Gasteiger charge is -2.41. The Morgan fingerprint density at radius 2 is 1.92 bits per heavy atom. The van der Waals surface area contributed by atoms with Crippen LogP contribution in [0.5, 0.6) is 0 Å². The predicted molar refractivity (Wildman–Crippen MR) is 36.0 cm³/mol. The lowest BCUT2D eigenvalue weighted by atomic mass is 9.97. The highest BCUT2D eigenvalue weighted by atomic mass is 19.1. The van der Waals surface area contributed by atoms with Gasteiger partial charge in [-0.05, 0) is 0 Å². The molecule has 1 fully saturated rings. The number of ether oxygens (including phenoxy) is 1. The molecule has 1 heterocycles. The summed E-state index contributed by atoms with van der Waals surface area (Å²) in [5, 5.41) is 44.5. The van der Waals surface area contributed by atoms with Crippen molar-refractivity contribution in [3.05, 3.63) is 0 Å². The Labute approximate surface area is 72.8 Å². The Morgan fingerprint density at radius 3 is 2.38 bits per heavy atom. The number of hydrogen-bond acceptors (Lipinski definition) is 6. The highest BCUT2D eigenvalue weighted by Crippen LogP contribution is 2.27. The summed E-state index contributed by atoms with van der Waals surface area (Å²) < 4.78 is 16.6. The van der Waals surface area contributed by atoms with E-state index in [4.69, 9.17) is 25.5 Å². The Hall–Kier alpha value is -0.310. The van der Waals surface area contributed by atoms with Gasteiger partial charge in [0.25, 0.3) is 12.1 Å². The average molecular weight is 198 g/mol. The van der Waals surface area contributed by atoms with Gasteiger partial charge in [0.05, 0.1) is 6.61 Å². The van der Waals surface area contributed by atoms with Gasteiger partial charge in [0.15, 0.2) is 0 Å². The average Bonchev–Trinajstić information content (AvgIpc) is 2.08. The molecule has 78 valence electrons. The molecule has 0 aliphatic carbocycles. The van der Waals surface area contributed by atoms with Crippen LogP contribution in [0.1, 0.15) is 0 Å². The van der Waals surface area contributed by atoms with E-state index < -0.39 is 37.1 Å². The Balaban J connectivity index is 2.79. The molecule has 5 N–H and O–H groups in total. The quantitative estimate of drug-likeness (QED) is 0.308. The molecule has 6 nitrogen and oxygen atoms in total. The summed E-state index contributed by atoms with van der Waals surface area (Å²) in [6.07, 6.45) is -8.14. The first kappa shape index (κ1) is 10.8. The van der Waals surface area contributed by atoms with Gasteiger partial charge in [-0.25, -0.2) is 4.39 Å². The maximum Gasteiger partial charge on any atom is 0.253 e. The van der Waals surface area contributed by atoms with Gasteiger partial charge in [0.1, 0.15) is 18.3 Å². The lowest BCUT2D eigenvalue weighted by Crippen LogP contribution is -2.64. The van der Waals surface area contributed by atoms with Crippen LogP contribution in [0.4, 0.5) is 4.39 Å². The maximum absolute atomic E-state index is 12.4. The molecule has 1 aliphatic rings. The summed E-state index contributed by atoms with van der Waals surface area (Å²) in [5.41, 5.74) is 0. The van der Waals surface area contributed by atoms with Gasteiger partial charge in [-0.2, -0.15) is 0 Å². The van der Waals surface area contributed by atoms with Crippen molar-refractivity contribution in [3.8, 4) is 0 Å². The normalized spacial score (nSPS) is 48.9. The molecular formula is C6H11FO6. The fourth-order valence-corrected chi connectivity index (χ4v) is 1.07. The van der Waals surface area contributed by atoms with Gasteiger partial charge < -0.3 is 30.3 Å². The van der Waals surface area contributed by atoms with E-state index in [0.29, 0.717) is 0 Å². The minimum absolute atomic E-state index is 0.574. The zero-order chi connectivity index (χ0) is 10.2. The molecule has 0 bridgehead atoms. The SMILES string of the molecule is OC(F)[C@]1(O)OC[C@@H](O)[C@@H](O)[C@@H]1O. The fraction of sp³-hybridized carbons (Fsp3) is 1.00. The third-order valence-electron chi connectivity index (χ3n) is 1.97. The molecule has 0 amide bonds. The zero-order valence-corrected chi connectivity index (χ0v) is 6.54. The molecule has 1 unspecified atom stereocenters. The van der Waals surface area contributed by atoms with Crippen molar-refractivity contribution in [1.29, 1.82) is 0 Å². The van der Waals surface area contributed by atoms with E-state index in [-0.39, 0.29) is 0 Å². The van der Waals surface area contributed by atoms with Crippen LogP contribution in [-0.2, 0) is 4.74 Å². The molecule has 0 saturated carbocycles. The van der Waals surface area contributed by atoms with Crippen LogP contribution in [0, 0.1) is 0 Å². The molecule has 0 radical (unpaired) electrons. The standard InChI is InChI=1S/C6H11FO6/c7-5(11)6(12)4(10)3(9)2(8)1-13-6/h2-5,8-12H,1H2/t2-,3-,4+,5?,6-/m1/s1. The molecule has 0 aromatic heterocycles. The summed E-state index contributed by atoms with van der Waals surface area (Å²) in [4.78, 5) is 0. The van der Waals surface area contributed by atoms with E-state index >= 15 is 0 Å². The molecule has 1 aliphatic heterocycles. The highest BCUT2D eigenvalue weighted by molar-refractivity contribution is 4.92. The van der Waals surface area contributed by atoms with Crippen molar-refractivity contribution >= 4 is 0 Å². The topological polar surface area (TPSA) is 110 Å². The second-order valence-corrected chi connectivity index (χ2v) is 2.90. The molecule has 7 heteroatoms. The second-order valence-electron chi connectivity index (χ2n) is 2.90. The molecule has 1 rings (SSSR count). The molecule has 0 spiro atoms. The van der Waals surface area contributed by atoms with Crippen LogP contribution in [0.15, 0.2) is 0 Å². The first-order chi connectivity index (χ1) is 5.89. The second kappa shape index (κ2) is 3.45. The third kappa shape index (κ3) is 1.66. The van der Waals surface area contributed by atoms with Crippen LogP contribution in [0.3, 0.4) is 0 Å². The third-order valence-corrected chi connectivity index (χ3v) is 1.97. The van der Waals surface area contributed by atoms with Gasteiger partial charge in [-0.15, -0.1) is 0 Å². The van der Waals surface area contributed by atoms with Crippen molar-refractivity contribution in [2.45, 2.75) is 30.5 Å². The molecular weight excluding hydrogens is 187 g/mol. The van der Waals surface area contributed by atoms with E-state index in [0.717, 1.165) is 0 Å². The number of hydrogen-bond donors (Lipinski definition) is 5. The summed E-state index contributed by atoms with van der Waals surface area (Å²) >= 11 is 0. The number of halogens is 1. The van der Waals surface area contributed by atoms with Gasteiger partial charge in [0, 0.05) is 0 Å². The molecule has 1 saturated heterocycles. The minimum Gasteiger partial charge on any atom is -0.388 e. The number of rotatable bonds is 1. The van der Waals surface area contributed by atoms with E-state index in [2.05, 4.69) is 4.74 Å². The van der Waals surface area contributed by atoms with Gasteiger partial charge in [0.2, 0.25) is 0 Å². The molecule has 0 aromatic carbocycles. The summed E-state index contributed by atoms with van der Waals surface area (Å²) in [6.45, 7) is -0.574. The largest absolute Gasteiger partial charge is 0.388 e. The smallest absolute Gasteiger partial charge is 0.253 e. The van der Waals surface area contributed by atoms with Gasteiger partial charge >= 0.3 is 0 Å². The van der Waals surface area contributed by atoms with Gasteiger partial charge in [-0.1, -0.05) is 0 Å². The van der Waals surface area contributed by atoms with Crippen LogP contribution >= 0.6 is 0 Å². The summed E-state index contributed by atoms with van der Waals surface area (Å²) in [7, 11) is 0. The van der Waals surface area contributed by atoms with Crippen molar-refractivity contribution in [2.24, 2.45) is 0 Å². The van der Waals surface area contributed by atoms with Crippen LogP contribution < -0.4 is 0 Å². The number of alkyl halides is 1. The fourth-order valence-electron chi connectivity index (χ4n) is 1.07. The highest BCUT2D eigenvalue weighted by Gasteiger charge is 2.53. The van der Waals surface area contributed by atoms with Crippen molar-refractivity contribution in [1.82, 2.24) is 0 Å². The Kier molecular flexibility index (Phi) is 2.85. The first-order valence-electron chi connectivity index (χ1n) is 3.62. The lowest BCUT2D eigenvalue weighted by molar-refractivity contribution is -0.370. The van der Waals surface area contributed by atoms with Crippen molar-refractivity contribution in [2.75, 3.05) is 6.61 Å². The van der Waals surface area contributed by atoms with Crippen molar-refractivity contribution in [3.63, 3.8) is 0 Å². The van der Waals surface area contributed by atoms with Gasteiger partial charge in [-0.3, -0.25) is 0 Å². The minimum atomic E-state index is -2.88. The van der Waals surface area contributed by atoms with Crippen LogP contribution in [0.25, 0.3) is 0 Å². The maximum atomic E-state index is 12.4. The van der Waals surface area contributed by atoms with E-state index in [1.807, 2.05) is 0 Å². The Morgan fingerprint density at radius 1 is 1.38 bits per heavy atom. The van der Waals surface area contributed by atoms with Crippen LogP contribution in [-0.4, -0.2) is 62.6 Å². The summed E-state index contributed by atoms with van der Waals surface area (Å²) in [5.74, 6) is -2.88.